The molecule has 1 aromatic rings. The van der Waals surface area contributed by atoms with Crippen LogP contribution in [0.3, 0.4) is 0 Å². The number of rotatable bonds is 6. The van der Waals surface area contributed by atoms with Gasteiger partial charge in [-0.05, 0) is 19.5 Å². The summed E-state index contributed by atoms with van der Waals surface area (Å²) in [7, 11) is 1.87. The summed E-state index contributed by atoms with van der Waals surface area (Å²) in [5.74, 6) is 0. The number of nitrogens with one attached hydrogen (secondary N) is 1. The molecule has 0 bridgehead atoms. The van der Waals surface area contributed by atoms with E-state index in [1.54, 1.807) is 12.3 Å². The second-order valence-electron chi connectivity index (χ2n) is 3.70. The number of nitrogens with zero attached hydrogens (tertiary/aromatic N) is 2. The molecular weight excluding hydrogens is 206 g/mol. The zero-order valence-electron chi connectivity index (χ0n) is 9.64. The van der Waals surface area contributed by atoms with Crippen LogP contribution in [0.4, 0.5) is 5.69 Å². The third-order valence-electron chi connectivity index (χ3n) is 2.55. The molecule has 16 heavy (non-hydrogen) atoms. The smallest absolute Gasteiger partial charge is 0.290 e. The van der Waals surface area contributed by atoms with Gasteiger partial charge >= 0.3 is 0 Å². The molecule has 1 aromatic heterocycles. The molecule has 0 aliphatic carbocycles. The second-order valence-corrected chi connectivity index (χ2v) is 3.70. The van der Waals surface area contributed by atoms with Crippen LogP contribution in [-0.2, 0) is 6.42 Å². The zero-order chi connectivity index (χ0) is 12.0. The van der Waals surface area contributed by atoms with Gasteiger partial charge < -0.3 is 5.32 Å². The second kappa shape index (κ2) is 6.17. The summed E-state index contributed by atoms with van der Waals surface area (Å²) in [6.45, 7) is 2.09. The average Bonchev–Trinajstić information content (AvgIpc) is 2.29. The van der Waals surface area contributed by atoms with Gasteiger partial charge in [-0.1, -0.05) is 13.3 Å². The van der Waals surface area contributed by atoms with Gasteiger partial charge in [-0.2, -0.15) is 0 Å². The van der Waals surface area contributed by atoms with E-state index in [9.17, 15) is 10.1 Å². The Morgan fingerprint density at radius 3 is 2.94 bits per heavy atom. The Morgan fingerprint density at radius 1 is 1.62 bits per heavy atom. The fourth-order valence-corrected chi connectivity index (χ4v) is 1.68. The summed E-state index contributed by atoms with van der Waals surface area (Å²) >= 11 is 0. The van der Waals surface area contributed by atoms with Gasteiger partial charge in [0.1, 0.15) is 5.69 Å². The van der Waals surface area contributed by atoms with E-state index in [0.29, 0.717) is 12.1 Å². The van der Waals surface area contributed by atoms with Crippen molar-refractivity contribution in [3.8, 4) is 0 Å². The van der Waals surface area contributed by atoms with Crippen molar-refractivity contribution in [1.29, 1.82) is 0 Å². The van der Waals surface area contributed by atoms with Crippen molar-refractivity contribution in [2.24, 2.45) is 0 Å². The highest BCUT2D eigenvalue weighted by Crippen LogP contribution is 2.17. The number of likely N-dealkylation sites (N-methyl/N-ethyl adjacent to an activating group) is 1. The molecule has 1 heterocycles. The van der Waals surface area contributed by atoms with E-state index in [0.717, 1.165) is 12.8 Å². The molecule has 5 nitrogen and oxygen atoms in total. The first kappa shape index (κ1) is 12.6. The van der Waals surface area contributed by atoms with E-state index in [-0.39, 0.29) is 16.7 Å². The average molecular weight is 223 g/mol. The Morgan fingerprint density at radius 2 is 2.38 bits per heavy atom. The lowest BCUT2D eigenvalue weighted by molar-refractivity contribution is -0.386. The topological polar surface area (TPSA) is 68.1 Å². The van der Waals surface area contributed by atoms with Crippen LogP contribution >= 0.6 is 0 Å². The number of aromatic nitrogens is 1. The van der Waals surface area contributed by atoms with E-state index in [1.807, 2.05) is 7.05 Å². The van der Waals surface area contributed by atoms with E-state index < -0.39 is 0 Å². The summed E-state index contributed by atoms with van der Waals surface area (Å²) in [6, 6.07) is 3.34. The van der Waals surface area contributed by atoms with Gasteiger partial charge in [-0.15, -0.1) is 0 Å². The van der Waals surface area contributed by atoms with Gasteiger partial charge in [0.25, 0.3) is 5.69 Å². The van der Waals surface area contributed by atoms with Gasteiger partial charge in [0.15, 0.2) is 0 Å². The number of nitro groups is 1. The molecule has 0 amide bonds. The lowest BCUT2D eigenvalue weighted by Gasteiger charge is -2.14. The lowest BCUT2D eigenvalue weighted by Crippen LogP contribution is -2.28. The van der Waals surface area contributed by atoms with Crippen molar-refractivity contribution in [2.75, 3.05) is 7.05 Å². The van der Waals surface area contributed by atoms with Crippen LogP contribution in [-0.4, -0.2) is 23.0 Å². The molecule has 0 aromatic carbocycles. The van der Waals surface area contributed by atoms with E-state index in [1.165, 1.54) is 6.07 Å². The molecular formula is C11H17N3O2. The molecule has 1 unspecified atom stereocenters. The Hall–Kier alpha value is -1.49. The molecule has 0 saturated carbocycles. The summed E-state index contributed by atoms with van der Waals surface area (Å²) in [5.41, 5.74) is 0.666. The predicted octanol–water partition coefficient (Wildman–Crippen LogP) is 1.92. The first-order chi connectivity index (χ1) is 7.69. The van der Waals surface area contributed by atoms with E-state index >= 15 is 0 Å². The molecule has 0 aliphatic rings. The minimum absolute atomic E-state index is 0.110. The zero-order valence-corrected chi connectivity index (χ0v) is 9.64. The quantitative estimate of drug-likeness (QED) is 0.591. The maximum absolute atomic E-state index is 10.8. The summed E-state index contributed by atoms with van der Waals surface area (Å²) < 4.78 is 0. The molecule has 0 radical (unpaired) electrons. The minimum Gasteiger partial charge on any atom is -0.317 e. The SMILES string of the molecule is CCCC(Cc1ncccc1[N+](=O)[O-])NC. The molecule has 1 N–H and O–H groups in total. The van der Waals surface area contributed by atoms with Crippen molar-refractivity contribution in [3.05, 3.63) is 34.1 Å². The molecule has 0 saturated heterocycles. The fraction of sp³-hybridized carbons (Fsp3) is 0.545. The normalized spacial score (nSPS) is 12.4. The van der Waals surface area contributed by atoms with Crippen LogP contribution in [0.25, 0.3) is 0 Å². The molecule has 88 valence electrons. The van der Waals surface area contributed by atoms with Crippen LogP contribution in [0.5, 0.6) is 0 Å². The van der Waals surface area contributed by atoms with Crippen LogP contribution < -0.4 is 5.32 Å². The Kier molecular flexibility index (Phi) is 4.85. The van der Waals surface area contributed by atoms with Gasteiger partial charge in [-0.25, -0.2) is 0 Å². The van der Waals surface area contributed by atoms with Gasteiger partial charge in [-0.3, -0.25) is 15.1 Å². The molecule has 1 atom stereocenters. The molecule has 1 rings (SSSR count). The highest BCUT2D eigenvalue weighted by Gasteiger charge is 2.17. The van der Waals surface area contributed by atoms with Crippen LogP contribution in [0.1, 0.15) is 25.5 Å². The van der Waals surface area contributed by atoms with Crippen molar-refractivity contribution in [2.45, 2.75) is 32.2 Å². The van der Waals surface area contributed by atoms with Crippen molar-refractivity contribution < 1.29 is 4.92 Å². The van der Waals surface area contributed by atoms with Crippen molar-refractivity contribution >= 4 is 5.69 Å². The highest BCUT2D eigenvalue weighted by atomic mass is 16.6. The van der Waals surface area contributed by atoms with E-state index in [4.69, 9.17) is 0 Å². The molecule has 0 spiro atoms. The maximum Gasteiger partial charge on any atom is 0.290 e. The Balaban J connectivity index is 2.82. The largest absolute Gasteiger partial charge is 0.317 e. The Bertz CT molecular complexity index is 355. The fourth-order valence-electron chi connectivity index (χ4n) is 1.68. The number of pyridine rings is 1. The van der Waals surface area contributed by atoms with Crippen LogP contribution in [0.15, 0.2) is 18.3 Å². The van der Waals surface area contributed by atoms with E-state index in [2.05, 4.69) is 17.2 Å². The van der Waals surface area contributed by atoms with Crippen LogP contribution in [0.2, 0.25) is 0 Å². The highest BCUT2D eigenvalue weighted by molar-refractivity contribution is 5.34. The Labute approximate surface area is 95.0 Å². The maximum atomic E-state index is 10.8. The first-order valence-electron chi connectivity index (χ1n) is 5.44. The van der Waals surface area contributed by atoms with Crippen molar-refractivity contribution in [1.82, 2.24) is 10.3 Å². The van der Waals surface area contributed by atoms with Crippen LogP contribution in [0, 0.1) is 10.1 Å². The first-order valence-corrected chi connectivity index (χ1v) is 5.44. The predicted molar refractivity (Wildman–Crippen MR) is 62.4 cm³/mol. The van der Waals surface area contributed by atoms with Gasteiger partial charge in [0.05, 0.1) is 4.92 Å². The monoisotopic (exact) mass is 223 g/mol. The third-order valence-corrected chi connectivity index (χ3v) is 2.55. The molecule has 0 fully saturated rings. The van der Waals surface area contributed by atoms with Gasteiger partial charge in [0.2, 0.25) is 0 Å². The number of hydrogen-bond acceptors (Lipinski definition) is 4. The van der Waals surface area contributed by atoms with Gasteiger partial charge in [0, 0.05) is 24.7 Å². The molecule has 5 heteroatoms. The summed E-state index contributed by atoms with van der Waals surface area (Å²) in [5, 5.41) is 13.9. The third kappa shape index (κ3) is 3.27. The molecule has 0 aliphatic heterocycles. The minimum atomic E-state index is -0.374. The number of hydrogen-bond donors (Lipinski definition) is 1. The summed E-state index contributed by atoms with van der Waals surface area (Å²) in [6.07, 6.45) is 4.23. The lowest BCUT2D eigenvalue weighted by atomic mass is 10.1. The van der Waals surface area contributed by atoms with Crippen molar-refractivity contribution in [3.63, 3.8) is 0 Å². The standard InChI is InChI=1S/C11H17N3O2/c1-3-5-9(12-2)8-10-11(14(15)16)6-4-7-13-10/h4,6-7,9,12H,3,5,8H2,1-2H3. The summed E-state index contributed by atoms with van der Waals surface area (Å²) in [4.78, 5) is 14.5.